The van der Waals surface area contributed by atoms with Crippen molar-refractivity contribution in [3.8, 4) is 11.3 Å². The van der Waals surface area contributed by atoms with Crippen molar-refractivity contribution in [3.05, 3.63) is 53.6 Å². The van der Waals surface area contributed by atoms with Crippen LogP contribution >= 0.6 is 0 Å². The lowest BCUT2D eigenvalue weighted by atomic mass is 10.0. The minimum atomic E-state index is 0.584. The topological polar surface area (TPSA) is 40.5 Å². The molecule has 2 heterocycles. The number of likely N-dealkylation sites (tertiary alicyclic amines) is 1. The van der Waals surface area contributed by atoms with Gasteiger partial charge >= 0.3 is 0 Å². The van der Waals surface area contributed by atoms with Gasteiger partial charge in [0.2, 0.25) is 0 Å². The van der Waals surface area contributed by atoms with Crippen LogP contribution in [-0.4, -0.2) is 42.8 Å². The molecule has 0 spiro atoms. The van der Waals surface area contributed by atoms with Crippen LogP contribution < -0.4 is 5.32 Å². The maximum atomic E-state index is 4.89. The third kappa shape index (κ3) is 6.51. The summed E-state index contributed by atoms with van der Waals surface area (Å²) in [5.74, 6) is 0.736. The molecule has 1 aliphatic heterocycles. The Bertz CT molecular complexity index is 881. The second-order valence-electron chi connectivity index (χ2n) is 8.71. The highest BCUT2D eigenvalue weighted by Gasteiger charge is 2.18. The van der Waals surface area contributed by atoms with Gasteiger partial charge in [0.05, 0.1) is 5.69 Å². The van der Waals surface area contributed by atoms with Crippen LogP contribution in [0.2, 0.25) is 0 Å². The predicted octanol–water partition coefficient (Wildman–Crippen LogP) is 6.38. The Morgan fingerprint density at radius 2 is 2.00 bits per heavy atom. The summed E-state index contributed by atoms with van der Waals surface area (Å²) in [6.07, 6.45) is 11.0. The summed E-state index contributed by atoms with van der Waals surface area (Å²) in [5, 5.41) is 3.33. The summed E-state index contributed by atoms with van der Waals surface area (Å²) in [6.45, 7) is 10.4. The number of nitrogens with zero attached hydrogens (tertiary/aromatic N) is 3. The predicted molar refractivity (Wildman–Crippen MR) is 134 cm³/mol. The highest BCUT2D eigenvalue weighted by atomic mass is 15.1. The number of rotatable bonds is 10. The lowest BCUT2D eigenvalue weighted by Crippen LogP contribution is -2.28. The molecule has 0 aliphatic carbocycles. The van der Waals surface area contributed by atoms with Crippen LogP contribution in [0.1, 0.15) is 63.0 Å². The minimum Gasteiger partial charge on any atom is -0.371 e. The van der Waals surface area contributed by atoms with Crippen molar-refractivity contribution in [2.45, 2.75) is 64.8 Å². The lowest BCUT2D eigenvalue weighted by molar-refractivity contribution is 0.325. The van der Waals surface area contributed by atoms with Gasteiger partial charge in [-0.3, -0.25) is 0 Å². The fraction of sp³-hybridized carbons (Fsp3) is 0.481. The van der Waals surface area contributed by atoms with E-state index in [0.717, 1.165) is 42.1 Å². The molecule has 1 atom stereocenters. The molecule has 0 radical (unpaired) electrons. The van der Waals surface area contributed by atoms with E-state index in [0.29, 0.717) is 6.04 Å². The van der Waals surface area contributed by atoms with Gasteiger partial charge in [0.15, 0.2) is 5.82 Å². The molecule has 1 aliphatic rings. The van der Waals surface area contributed by atoms with Crippen molar-refractivity contribution < 1.29 is 0 Å². The minimum absolute atomic E-state index is 0.584. The number of unbranched alkanes of at least 4 members (excludes halogenated alkanes) is 2. The van der Waals surface area contributed by atoms with Crippen LogP contribution in [0.3, 0.4) is 0 Å². The smallest absolute Gasteiger partial charge is 0.161 e. The van der Waals surface area contributed by atoms with E-state index in [4.69, 9.17) is 4.98 Å². The first-order chi connectivity index (χ1) is 15.1. The van der Waals surface area contributed by atoms with E-state index in [9.17, 15) is 0 Å². The molecule has 31 heavy (non-hydrogen) atoms. The highest BCUT2D eigenvalue weighted by Crippen LogP contribution is 2.32. The van der Waals surface area contributed by atoms with Crippen molar-refractivity contribution in [2.75, 3.05) is 20.1 Å². The van der Waals surface area contributed by atoms with Gasteiger partial charge in [0.25, 0.3) is 0 Å². The van der Waals surface area contributed by atoms with Crippen molar-refractivity contribution in [3.63, 3.8) is 0 Å². The first kappa shape index (κ1) is 23.2. The average molecular weight is 419 g/mol. The molecule has 1 aromatic heterocycles. The van der Waals surface area contributed by atoms with Crippen molar-refractivity contribution in [2.24, 2.45) is 4.99 Å². The largest absolute Gasteiger partial charge is 0.371 e. The maximum absolute atomic E-state index is 4.89. The average Bonchev–Trinajstić information content (AvgIpc) is 2.81. The van der Waals surface area contributed by atoms with Gasteiger partial charge in [-0.25, -0.2) is 9.98 Å². The Morgan fingerprint density at radius 3 is 2.71 bits per heavy atom. The second-order valence-corrected chi connectivity index (χ2v) is 8.71. The fourth-order valence-electron chi connectivity index (χ4n) is 4.26. The Hall–Kier alpha value is -2.46. The van der Waals surface area contributed by atoms with Crippen LogP contribution in [0.5, 0.6) is 0 Å². The van der Waals surface area contributed by atoms with E-state index in [1.165, 1.54) is 49.8 Å². The van der Waals surface area contributed by atoms with Gasteiger partial charge < -0.3 is 10.2 Å². The molecule has 1 saturated heterocycles. The first-order valence-corrected chi connectivity index (χ1v) is 11.8. The number of nitrogens with one attached hydrogen (secondary N) is 1. The molecular weight excluding hydrogens is 380 g/mol. The molecule has 4 nitrogen and oxygen atoms in total. The van der Waals surface area contributed by atoms with Crippen LogP contribution in [0, 0.1) is 6.92 Å². The Labute approximate surface area is 188 Å². The monoisotopic (exact) mass is 418 g/mol. The number of hydrogen-bond acceptors (Lipinski definition) is 4. The Balaban J connectivity index is 1.85. The van der Waals surface area contributed by atoms with E-state index in [2.05, 4.69) is 78.2 Å². The van der Waals surface area contributed by atoms with Gasteiger partial charge in [-0.1, -0.05) is 36.3 Å². The molecule has 0 bridgehead atoms. The fourth-order valence-corrected chi connectivity index (χ4v) is 4.26. The molecule has 1 unspecified atom stereocenters. The van der Waals surface area contributed by atoms with E-state index >= 15 is 0 Å². The number of hydrogen-bond donors (Lipinski definition) is 1. The Kier molecular flexibility index (Phi) is 8.84. The zero-order valence-corrected chi connectivity index (χ0v) is 19.5. The molecule has 0 saturated carbocycles. The standard InChI is InChI=1S/C27H38N4/c1-21-12-11-14-23(20-21)25-17-16-24(27(29-4)30-25)26(31-18-9-6-10-19-31)15-8-5-7-13-22(2)28-3/h11-12,14-17,20,22,28H,4-10,13,18-19H2,1-3H3/b26-15+. The van der Waals surface area contributed by atoms with E-state index < -0.39 is 0 Å². The first-order valence-electron chi connectivity index (χ1n) is 11.8. The quantitative estimate of drug-likeness (QED) is 0.359. The third-order valence-corrected chi connectivity index (χ3v) is 6.23. The molecular formula is C27H38N4. The zero-order chi connectivity index (χ0) is 22.1. The third-order valence-electron chi connectivity index (χ3n) is 6.23. The molecule has 0 amide bonds. The van der Waals surface area contributed by atoms with Crippen LogP contribution in [-0.2, 0) is 0 Å². The molecule has 1 fully saturated rings. The molecule has 166 valence electrons. The number of pyridine rings is 1. The van der Waals surface area contributed by atoms with Crippen molar-refractivity contribution in [1.82, 2.24) is 15.2 Å². The van der Waals surface area contributed by atoms with E-state index in [1.807, 2.05) is 7.05 Å². The number of allylic oxidation sites excluding steroid dienone is 1. The van der Waals surface area contributed by atoms with E-state index in [1.54, 1.807) is 0 Å². The maximum Gasteiger partial charge on any atom is 0.161 e. The number of aliphatic imine (C=N–C) groups is 1. The summed E-state index contributed by atoms with van der Waals surface area (Å²) in [7, 11) is 2.04. The number of aromatic nitrogens is 1. The lowest BCUT2D eigenvalue weighted by Gasteiger charge is -2.32. The van der Waals surface area contributed by atoms with Crippen LogP contribution in [0.25, 0.3) is 17.0 Å². The van der Waals surface area contributed by atoms with Gasteiger partial charge in [0, 0.05) is 36.0 Å². The number of aryl methyl sites for hydroxylation is 1. The second kappa shape index (κ2) is 11.8. The molecule has 1 N–H and O–H groups in total. The Morgan fingerprint density at radius 1 is 1.19 bits per heavy atom. The van der Waals surface area contributed by atoms with Crippen molar-refractivity contribution >= 4 is 18.2 Å². The molecule has 2 aromatic rings. The SMILES string of the molecule is C=Nc1nc(-c2cccc(C)c2)ccc1/C(=C\CCCCC(C)NC)N1CCCCC1. The van der Waals surface area contributed by atoms with Gasteiger partial charge in [-0.2, -0.15) is 0 Å². The molecule has 1 aromatic carbocycles. The molecule has 4 heteroatoms. The van der Waals surface area contributed by atoms with Crippen LogP contribution in [0.4, 0.5) is 5.82 Å². The highest BCUT2D eigenvalue weighted by molar-refractivity contribution is 5.75. The van der Waals surface area contributed by atoms with Gasteiger partial charge in [-0.15, -0.1) is 0 Å². The molecule has 3 rings (SSSR count). The summed E-state index contributed by atoms with van der Waals surface area (Å²) in [5.41, 5.74) is 5.70. The zero-order valence-electron chi connectivity index (χ0n) is 19.5. The van der Waals surface area contributed by atoms with Gasteiger partial charge in [-0.05, 0) is 84.3 Å². The number of piperidine rings is 1. The van der Waals surface area contributed by atoms with Gasteiger partial charge in [0.1, 0.15) is 0 Å². The van der Waals surface area contributed by atoms with E-state index in [-0.39, 0.29) is 0 Å². The van der Waals surface area contributed by atoms with Crippen molar-refractivity contribution in [1.29, 1.82) is 0 Å². The normalized spacial score (nSPS) is 15.7. The summed E-state index contributed by atoms with van der Waals surface area (Å²) in [4.78, 5) is 11.8. The summed E-state index contributed by atoms with van der Waals surface area (Å²) >= 11 is 0. The van der Waals surface area contributed by atoms with Crippen LogP contribution in [0.15, 0.2) is 47.5 Å². The number of benzene rings is 1. The summed E-state index contributed by atoms with van der Waals surface area (Å²) in [6, 6.07) is 13.4. The summed E-state index contributed by atoms with van der Waals surface area (Å²) < 4.78 is 0.